The third-order valence-corrected chi connectivity index (χ3v) is 2.43. The van der Waals surface area contributed by atoms with Gasteiger partial charge in [0.25, 0.3) is 0 Å². The molecular formula is C9H19NO3. The Morgan fingerprint density at radius 1 is 1.46 bits per heavy atom. The van der Waals surface area contributed by atoms with Crippen LogP contribution in [0.15, 0.2) is 0 Å². The fourth-order valence-corrected chi connectivity index (χ4v) is 1.89. The molecule has 1 fully saturated rings. The van der Waals surface area contributed by atoms with E-state index >= 15 is 0 Å². The average Bonchev–Trinajstić information content (AvgIpc) is 2.02. The van der Waals surface area contributed by atoms with Gasteiger partial charge in [-0.3, -0.25) is 4.90 Å². The lowest BCUT2D eigenvalue weighted by Gasteiger charge is -2.47. The first-order valence-corrected chi connectivity index (χ1v) is 4.83. The van der Waals surface area contributed by atoms with Gasteiger partial charge in [0.2, 0.25) is 0 Å². The predicted molar refractivity (Wildman–Crippen MR) is 49.4 cm³/mol. The summed E-state index contributed by atoms with van der Waals surface area (Å²) in [5.41, 5.74) is -0.538. The van der Waals surface area contributed by atoms with Gasteiger partial charge >= 0.3 is 0 Å². The maximum Gasteiger partial charge on any atom is 0.0900 e. The van der Waals surface area contributed by atoms with E-state index in [2.05, 4.69) is 0 Å². The van der Waals surface area contributed by atoms with E-state index < -0.39 is 11.7 Å². The highest BCUT2D eigenvalue weighted by Gasteiger charge is 2.40. The molecular weight excluding hydrogens is 170 g/mol. The van der Waals surface area contributed by atoms with Crippen LogP contribution in [0.1, 0.15) is 19.8 Å². The summed E-state index contributed by atoms with van der Waals surface area (Å²) < 4.78 is 0. The van der Waals surface area contributed by atoms with E-state index in [1.165, 1.54) is 0 Å². The molecule has 1 aliphatic heterocycles. The van der Waals surface area contributed by atoms with E-state index in [-0.39, 0.29) is 6.61 Å². The fraction of sp³-hybridized carbons (Fsp3) is 1.00. The molecule has 78 valence electrons. The summed E-state index contributed by atoms with van der Waals surface area (Å²) in [7, 11) is 0. The maximum absolute atomic E-state index is 9.78. The van der Waals surface area contributed by atoms with Crippen LogP contribution in [0.4, 0.5) is 0 Å². The number of hydrogen-bond donors (Lipinski definition) is 3. The van der Waals surface area contributed by atoms with Gasteiger partial charge in [-0.1, -0.05) is 13.3 Å². The van der Waals surface area contributed by atoms with Crippen molar-refractivity contribution in [1.29, 1.82) is 0 Å². The van der Waals surface area contributed by atoms with Crippen molar-refractivity contribution in [1.82, 2.24) is 4.90 Å². The van der Waals surface area contributed by atoms with Crippen molar-refractivity contribution < 1.29 is 15.3 Å². The molecule has 1 unspecified atom stereocenters. The molecule has 1 atom stereocenters. The topological polar surface area (TPSA) is 63.9 Å². The van der Waals surface area contributed by atoms with Gasteiger partial charge in [0, 0.05) is 19.6 Å². The fourth-order valence-electron chi connectivity index (χ4n) is 1.89. The Kier molecular flexibility index (Phi) is 3.67. The Balaban J connectivity index is 2.17. The van der Waals surface area contributed by atoms with Gasteiger partial charge < -0.3 is 15.3 Å². The largest absolute Gasteiger partial charge is 0.394 e. The summed E-state index contributed by atoms with van der Waals surface area (Å²) in [5, 5.41) is 27.5. The summed E-state index contributed by atoms with van der Waals surface area (Å²) in [4.78, 5) is 1.95. The Hall–Kier alpha value is -0.160. The quantitative estimate of drug-likeness (QED) is 0.529. The number of likely N-dealkylation sites (tertiary alicyclic amines) is 1. The second-order valence-corrected chi connectivity index (χ2v) is 3.98. The van der Waals surface area contributed by atoms with Crippen LogP contribution in [0.5, 0.6) is 0 Å². The van der Waals surface area contributed by atoms with Crippen molar-refractivity contribution in [3.63, 3.8) is 0 Å². The summed E-state index contributed by atoms with van der Waals surface area (Å²) in [6.45, 7) is 3.55. The Bertz CT molecular complexity index is 157. The molecule has 0 spiro atoms. The molecule has 0 saturated carbocycles. The Morgan fingerprint density at radius 2 is 2.08 bits per heavy atom. The molecule has 0 amide bonds. The second kappa shape index (κ2) is 4.37. The lowest BCUT2D eigenvalue weighted by molar-refractivity contribution is -0.116. The molecule has 0 aromatic heterocycles. The van der Waals surface area contributed by atoms with Crippen LogP contribution in [-0.2, 0) is 0 Å². The SMILES string of the molecule is CCCC1(O)CN(CC(O)CO)C1. The molecule has 0 aromatic carbocycles. The van der Waals surface area contributed by atoms with Crippen molar-refractivity contribution in [2.75, 3.05) is 26.2 Å². The Morgan fingerprint density at radius 3 is 2.54 bits per heavy atom. The number of rotatable bonds is 5. The zero-order valence-electron chi connectivity index (χ0n) is 8.11. The number of aliphatic hydroxyl groups excluding tert-OH is 2. The summed E-state index contributed by atoms with van der Waals surface area (Å²) >= 11 is 0. The Labute approximate surface area is 78.8 Å². The minimum absolute atomic E-state index is 0.206. The van der Waals surface area contributed by atoms with Crippen LogP contribution < -0.4 is 0 Å². The van der Waals surface area contributed by atoms with E-state index in [0.29, 0.717) is 19.6 Å². The molecule has 1 rings (SSSR count). The highest BCUT2D eigenvalue weighted by molar-refractivity contribution is 4.95. The lowest BCUT2D eigenvalue weighted by atomic mass is 9.89. The van der Waals surface area contributed by atoms with Crippen LogP contribution >= 0.6 is 0 Å². The molecule has 4 nitrogen and oxygen atoms in total. The molecule has 3 N–H and O–H groups in total. The van der Waals surface area contributed by atoms with Gasteiger partial charge in [-0.2, -0.15) is 0 Å². The molecule has 0 bridgehead atoms. The maximum atomic E-state index is 9.78. The highest BCUT2D eigenvalue weighted by Crippen LogP contribution is 2.25. The lowest BCUT2D eigenvalue weighted by Crippen LogP contribution is -2.63. The molecule has 1 saturated heterocycles. The first kappa shape index (κ1) is 10.9. The van der Waals surface area contributed by atoms with Crippen LogP contribution in [0.25, 0.3) is 0 Å². The normalized spacial score (nSPS) is 24.0. The van der Waals surface area contributed by atoms with Gasteiger partial charge in [-0.05, 0) is 6.42 Å². The van der Waals surface area contributed by atoms with Gasteiger partial charge in [-0.25, -0.2) is 0 Å². The van der Waals surface area contributed by atoms with Crippen LogP contribution in [0.2, 0.25) is 0 Å². The van der Waals surface area contributed by atoms with E-state index in [9.17, 15) is 5.11 Å². The van der Waals surface area contributed by atoms with Gasteiger partial charge in [0.05, 0.1) is 18.3 Å². The average molecular weight is 189 g/mol. The minimum Gasteiger partial charge on any atom is -0.394 e. The number of nitrogens with zero attached hydrogens (tertiary/aromatic N) is 1. The second-order valence-electron chi connectivity index (χ2n) is 3.98. The van der Waals surface area contributed by atoms with Crippen molar-refractivity contribution in [3.05, 3.63) is 0 Å². The van der Waals surface area contributed by atoms with E-state index in [4.69, 9.17) is 10.2 Å². The molecule has 13 heavy (non-hydrogen) atoms. The number of aliphatic hydroxyl groups is 3. The number of β-amino-alcohol motifs (C(OH)–C–C–N with tert-alkyl or cyclic N) is 2. The highest BCUT2D eigenvalue weighted by atomic mass is 16.3. The van der Waals surface area contributed by atoms with Gasteiger partial charge in [0.15, 0.2) is 0 Å². The molecule has 0 radical (unpaired) electrons. The third-order valence-electron chi connectivity index (χ3n) is 2.43. The molecule has 0 aromatic rings. The van der Waals surface area contributed by atoms with E-state index in [1.807, 2.05) is 11.8 Å². The van der Waals surface area contributed by atoms with Crippen molar-refractivity contribution in [2.45, 2.75) is 31.5 Å². The minimum atomic E-state index is -0.675. The first-order chi connectivity index (χ1) is 6.09. The van der Waals surface area contributed by atoms with E-state index in [0.717, 1.165) is 12.8 Å². The standard InChI is InChI=1S/C9H19NO3/c1-2-3-9(13)6-10(7-9)4-8(12)5-11/h8,11-13H,2-7H2,1H3. The van der Waals surface area contributed by atoms with Gasteiger partial charge in [0.1, 0.15) is 0 Å². The monoisotopic (exact) mass is 189 g/mol. The summed E-state index contributed by atoms with van der Waals surface area (Å²) in [6.07, 6.45) is 1.12. The smallest absolute Gasteiger partial charge is 0.0900 e. The predicted octanol–water partition coefficient (Wildman–Crippen LogP) is -0.814. The number of hydrogen-bond acceptors (Lipinski definition) is 4. The van der Waals surface area contributed by atoms with Crippen molar-refractivity contribution in [3.8, 4) is 0 Å². The molecule has 4 heteroatoms. The molecule has 0 aliphatic carbocycles. The first-order valence-electron chi connectivity index (χ1n) is 4.83. The van der Waals surface area contributed by atoms with Crippen LogP contribution in [-0.4, -0.2) is 58.2 Å². The molecule has 1 heterocycles. The molecule has 1 aliphatic rings. The zero-order valence-corrected chi connectivity index (χ0v) is 8.11. The summed E-state index contributed by atoms with van der Waals surface area (Å²) in [5.74, 6) is 0. The van der Waals surface area contributed by atoms with Crippen molar-refractivity contribution >= 4 is 0 Å². The van der Waals surface area contributed by atoms with Crippen LogP contribution in [0, 0.1) is 0 Å². The van der Waals surface area contributed by atoms with Gasteiger partial charge in [-0.15, -0.1) is 0 Å². The third kappa shape index (κ3) is 2.91. The van der Waals surface area contributed by atoms with E-state index in [1.54, 1.807) is 0 Å². The zero-order chi connectivity index (χ0) is 9.90. The summed E-state index contributed by atoms with van der Waals surface area (Å²) in [6, 6.07) is 0. The van der Waals surface area contributed by atoms with Crippen molar-refractivity contribution in [2.24, 2.45) is 0 Å². The van der Waals surface area contributed by atoms with Crippen LogP contribution in [0.3, 0.4) is 0 Å².